The number of hydrogen-bond donors (Lipinski definition) is 2. The van der Waals surface area contributed by atoms with Gasteiger partial charge in [-0.15, -0.1) is 0 Å². The average Bonchev–Trinajstić information content (AvgIpc) is 2.58. The van der Waals surface area contributed by atoms with Crippen molar-refractivity contribution in [3.63, 3.8) is 0 Å². The molecule has 0 saturated carbocycles. The second-order valence-electron chi connectivity index (χ2n) is 5.00. The first-order valence-corrected chi connectivity index (χ1v) is 5.29. The number of rotatable bonds is 0. The summed E-state index contributed by atoms with van der Waals surface area (Å²) in [5.74, 6) is 0.265. The minimum atomic E-state index is 0.265. The molecule has 0 aromatic heterocycles. The molecule has 0 aromatic rings. The Morgan fingerprint density at radius 2 is 1.92 bits per heavy atom. The third-order valence-electron chi connectivity index (χ3n) is 3.89. The highest BCUT2D eigenvalue weighted by atomic mass is 16.1. The molecule has 72 valence electrons. The Balaban J connectivity index is 1.81. The molecule has 0 aromatic carbocycles. The lowest BCUT2D eigenvalue weighted by Gasteiger charge is -2.36. The van der Waals surface area contributed by atoms with E-state index in [-0.39, 0.29) is 5.91 Å². The lowest BCUT2D eigenvalue weighted by atomic mass is 9.75. The molecule has 3 atom stereocenters. The Morgan fingerprint density at radius 3 is 2.46 bits per heavy atom. The summed E-state index contributed by atoms with van der Waals surface area (Å²) in [6.45, 7) is 0.931. The van der Waals surface area contributed by atoms with Crippen LogP contribution in [0.3, 0.4) is 0 Å². The molecule has 1 unspecified atom stereocenters. The van der Waals surface area contributed by atoms with Gasteiger partial charge in [0.25, 0.3) is 0 Å². The molecule has 3 aliphatic rings. The Kier molecular flexibility index (Phi) is 1.48. The molecule has 3 aliphatic heterocycles. The predicted molar refractivity (Wildman–Crippen MR) is 49.2 cm³/mol. The standard InChI is InChI=1S/C10H16N2O/c13-9-5-10(6-11-9)3-7-1-2-8(4-10)12-7/h7-8,12H,1-6H2,(H,11,13)/t7-,8+,10?. The molecule has 2 N–H and O–H groups in total. The van der Waals surface area contributed by atoms with Crippen molar-refractivity contribution in [2.45, 2.75) is 44.2 Å². The van der Waals surface area contributed by atoms with Crippen LogP contribution in [0.5, 0.6) is 0 Å². The number of nitrogens with one attached hydrogen (secondary N) is 2. The molecule has 3 fully saturated rings. The summed E-state index contributed by atoms with van der Waals surface area (Å²) in [6.07, 6.45) is 5.84. The van der Waals surface area contributed by atoms with Crippen molar-refractivity contribution in [3.8, 4) is 0 Å². The second-order valence-corrected chi connectivity index (χ2v) is 5.00. The van der Waals surface area contributed by atoms with Gasteiger partial charge in [-0.2, -0.15) is 0 Å². The summed E-state index contributed by atoms with van der Waals surface area (Å²) in [6, 6.07) is 1.40. The van der Waals surface area contributed by atoms with Gasteiger partial charge in [-0.05, 0) is 31.1 Å². The van der Waals surface area contributed by atoms with Crippen molar-refractivity contribution in [3.05, 3.63) is 0 Å². The van der Waals surface area contributed by atoms with E-state index in [2.05, 4.69) is 10.6 Å². The number of hydrogen-bond acceptors (Lipinski definition) is 2. The van der Waals surface area contributed by atoms with Gasteiger partial charge < -0.3 is 10.6 Å². The van der Waals surface area contributed by atoms with Crippen LogP contribution in [0, 0.1) is 5.41 Å². The smallest absolute Gasteiger partial charge is 0.220 e. The van der Waals surface area contributed by atoms with E-state index >= 15 is 0 Å². The maximum Gasteiger partial charge on any atom is 0.220 e. The number of amides is 1. The molecule has 1 spiro atoms. The Morgan fingerprint density at radius 1 is 1.23 bits per heavy atom. The van der Waals surface area contributed by atoms with Crippen molar-refractivity contribution in [1.82, 2.24) is 10.6 Å². The molecule has 13 heavy (non-hydrogen) atoms. The van der Waals surface area contributed by atoms with Crippen molar-refractivity contribution in [1.29, 1.82) is 0 Å². The van der Waals surface area contributed by atoms with Crippen LogP contribution < -0.4 is 10.6 Å². The highest BCUT2D eigenvalue weighted by Gasteiger charge is 2.47. The Bertz CT molecular complexity index is 239. The number of piperidine rings is 1. The van der Waals surface area contributed by atoms with E-state index in [4.69, 9.17) is 0 Å². The van der Waals surface area contributed by atoms with Crippen molar-refractivity contribution >= 4 is 5.91 Å². The fourth-order valence-electron chi connectivity index (χ4n) is 3.39. The highest BCUT2D eigenvalue weighted by molar-refractivity contribution is 5.79. The first kappa shape index (κ1) is 7.80. The van der Waals surface area contributed by atoms with Gasteiger partial charge in [0.05, 0.1) is 0 Å². The molecule has 2 bridgehead atoms. The third-order valence-corrected chi connectivity index (χ3v) is 3.89. The minimum absolute atomic E-state index is 0.265. The maximum absolute atomic E-state index is 11.2. The van der Waals surface area contributed by atoms with Crippen LogP contribution >= 0.6 is 0 Å². The van der Waals surface area contributed by atoms with E-state index in [1.807, 2.05) is 0 Å². The Labute approximate surface area is 78.3 Å². The topological polar surface area (TPSA) is 41.1 Å². The van der Waals surface area contributed by atoms with Gasteiger partial charge >= 0.3 is 0 Å². The van der Waals surface area contributed by atoms with Crippen LogP contribution in [0.2, 0.25) is 0 Å². The van der Waals surface area contributed by atoms with Gasteiger partial charge in [-0.25, -0.2) is 0 Å². The summed E-state index contributed by atoms with van der Waals surface area (Å²) in [5, 5.41) is 6.60. The summed E-state index contributed by atoms with van der Waals surface area (Å²) in [7, 11) is 0. The summed E-state index contributed by atoms with van der Waals surface area (Å²) in [4.78, 5) is 11.2. The van der Waals surface area contributed by atoms with Crippen LogP contribution in [0.15, 0.2) is 0 Å². The largest absolute Gasteiger partial charge is 0.356 e. The monoisotopic (exact) mass is 180 g/mol. The van der Waals surface area contributed by atoms with Crippen LogP contribution in [0.25, 0.3) is 0 Å². The Hall–Kier alpha value is -0.570. The predicted octanol–water partition coefficient (Wildman–Crippen LogP) is 0.407. The van der Waals surface area contributed by atoms with Crippen LogP contribution in [0.1, 0.15) is 32.1 Å². The average molecular weight is 180 g/mol. The van der Waals surface area contributed by atoms with E-state index < -0.39 is 0 Å². The zero-order chi connectivity index (χ0) is 8.89. The summed E-state index contributed by atoms with van der Waals surface area (Å²) < 4.78 is 0. The lowest BCUT2D eigenvalue weighted by molar-refractivity contribution is -0.119. The molecule has 3 rings (SSSR count). The number of fused-ring (bicyclic) bond motifs is 2. The second kappa shape index (κ2) is 2.47. The van der Waals surface area contributed by atoms with E-state index in [9.17, 15) is 4.79 Å². The van der Waals surface area contributed by atoms with Crippen LogP contribution in [0.4, 0.5) is 0 Å². The zero-order valence-corrected chi connectivity index (χ0v) is 7.81. The molecule has 3 heteroatoms. The first-order valence-electron chi connectivity index (χ1n) is 5.29. The molecule has 3 nitrogen and oxygen atoms in total. The lowest BCUT2D eigenvalue weighted by Crippen LogP contribution is -2.45. The number of carbonyl (C=O) groups excluding carboxylic acids is 1. The van der Waals surface area contributed by atoms with Gasteiger partial charge in [0.1, 0.15) is 0 Å². The van der Waals surface area contributed by atoms with Crippen molar-refractivity contribution in [2.75, 3.05) is 6.54 Å². The fourth-order valence-corrected chi connectivity index (χ4v) is 3.39. The zero-order valence-electron chi connectivity index (χ0n) is 7.81. The summed E-state index contributed by atoms with van der Waals surface area (Å²) >= 11 is 0. The molecular formula is C10H16N2O. The van der Waals surface area contributed by atoms with Gasteiger partial charge in [0.15, 0.2) is 0 Å². The van der Waals surface area contributed by atoms with Gasteiger partial charge in [0.2, 0.25) is 5.91 Å². The molecule has 3 saturated heterocycles. The molecule has 3 heterocycles. The molecule has 0 aliphatic carbocycles. The van der Waals surface area contributed by atoms with Crippen molar-refractivity contribution < 1.29 is 4.79 Å². The van der Waals surface area contributed by atoms with E-state index in [1.165, 1.54) is 25.7 Å². The third kappa shape index (κ3) is 1.17. The van der Waals surface area contributed by atoms with Gasteiger partial charge in [-0.1, -0.05) is 0 Å². The number of carbonyl (C=O) groups is 1. The fraction of sp³-hybridized carbons (Fsp3) is 0.900. The van der Waals surface area contributed by atoms with Crippen LogP contribution in [-0.4, -0.2) is 24.5 Å². The minimum Gasteiger partial charge on any atom is -0.356 e. The normalized spacial score (nSPS) is 48.5. The molecule has 1 amide bonds. The SMILES string of the molecule is O=C1CC2(CN1)C[C@H]1CC[C@@H](C2)N1. The molecular weight excluding hydrogens is 164 g/mol. The van der Waals surface area contributed by atoms with E-state index in [0.29, 0.717) is 17.5 Å². The van der Waals surface area contributed by atoms with Crippen LogP contribution in [-0.2, 0) is 4.79 Å². The quantitative estimate of drug-likeness (QED) is 0.567. The van der Waals surface area contributed by atoms with Gasteiger partial charge in [0, 0.05) is 25.0 Å². The van der Waals surface area contributed by atoms with Gasteiger partial charge in [-0.3, -0.25) is 4.79 Å². The first-order chi connectivity index (χ1) is 6.26. The molecule has 0 radical (unpaired) electrons. The van der Waals surface area contributed by atoms with Crippen molar-refractivity contribution in [2.24, 2.45) is 5.41 Å². The van der Waals surface area contributed by atoms with E-state index in [0.717, 1.165) is 13.0 Å². The maximum atomic E-state index is 11.2. The van der Waals surface area contributed by atoms with E-state index in [1.54, 1.807) is 0 Å². The highest BCUT2D eigenvalue weighted by Crippen LogP contribution is 2.44. The summed E-state index contributed by atoms with van der Waals surface area (Å²) in [5.41, 5.74) is 0.328.